The maximum atomic E-state index is 10.3. The SMILES string of the molecule is CCCC(COC)C(=O)[O-]. The van der Waals surface area contributed by atoms with Crippen LogP contribution >= 0.6 is 0 Å². The maximum absolute atomic E-state index is 10.3. The van der Waals surface area contributed by atoms with Crippen molar-refractivity contribution in [2.75, 3.05) is 13.7 Å². The summed E-state index contributed by atoms with van der Waals surface area (Å²) in [6.07, 6.45) is 1.48. The van der Waals surface area contributed by atoms with Gasteiger partial charge in [-0.3, -0.25) is 0 Å². The Labute approximate surface area is 61.0 Å². The Morgan fingerprint density at radius 2 is 2.30 bits per heavy atom. The first-order valence-electron chi connectivity index (χ1n) is 3.42. The van der Waals surface area contributed by atoms with Gasteiger partial charge >= 0.3 is 0 Å². The van der Waals surface area contributed by atoms with E-state index in [-0.39, 0.29) is 6.61 Å². The van der Waals surface area contributed by atoms with Crippen LogP contribution < -0.4 is 5.11 Å². The quantitative estimate of drug-likeness (QED) is 0.538. The zero-order valence-electron chi connectivity index (χ0n) is 6.42. The van der Waals surface area contributed by atoms with Gasteiger partial charge in [0.1, 0.15) is 0 Å². The Morgan fingerprint density at radius 1 is 1.70 bits per heavy atom. The van der Waals surface area contributed by atoms with Gasteiger partial charge in [0.05, 0.1) is 6.61 Å². The van der Waals surface area contributed by atoms with Crippen LogP contribution in [0.3, 0.4) is 0 Å². The smallest absolute Gasteiger partial charge is 0.0542 e. The topological polar surface area (TPSA) is 49.4 Å². The van der Waals surface area contributed by atoms with Crippen LogP contribution in [0.4, 0.5) is 0 Å². The monoisotopic (exact) mass is 145 g/mol. The van der Waals surface area contributed by atoms with Crippen LogP contribution in [0, 0.1) is 5.92 Å². The van der Waals surface area contributed by atoms with E-state index in [1.807, 2.05) is 6.92 Å². The number of methoxy groups -OCH3 is 1. The minimum Gasteiger partial charge on any atom is -0.550 e. The fraction of sp³-hybridized carbons (Fsp3) is 0.857. The van der Waals surface area contributed by atoms with Crippen molar-refractivity contribution in [3.05, 3.63) is 0 Å². The number of hydrogen-bond acceptors (Lipinski definition) is 3. The Bertz CT molecular complexity index is 95.0. The predicted molar refractivity (Wildman–Crippen MR) is 35.3 cm³/mol. The highest BCUT2D eigenvalue weighted by Gasteiger charge is 2.06. The first-order valence-corrected chi connectivity index (χ1v) is 3.42. The largest absolute Gasteiger partial charge is 0.550 e. The molecule has 10 heavy (non-hydrogen) atoms. The third-order valence-electron chi connectivity index (χ3n) is 1.34. The number of rotatable bonds is 5. The number of carboxylic acid groups (broad SMARTS) is 1. The molecule has 0 spiro atoms. The lowest BCUT2D eigenvalue weighted by Gasteiger charge is -2.15. The van der Waals surface area contributed by atoms with Gasteiger partial charge in [-0.2, -0.15) is 0 Å². The van der Waals surface area contributed by atoms with Crippen LogP contribution in [0.25, 0.3) is 0 Å². The van der Waals surface area contributed by atoms with Gasteiger partial charge in [-0.1, -0.05) is 13.3 Å². The van der Waals surface area contributed by atoms with E-state index in [2.05, 4.69) is 0 Å². The molecule has 1 unspecified atom stereocenters. The molecule has 0 rings (SSSR count). The molecule has 0 amide bonds. The van der Waals surface area contributed by atoms with Crippen LogP contribution in [-0.2, 0) is 9.53 Å². The van der Waals surface area contributed by atoms with Crippen molar-refractivity contribution in [1.82, 2.24) is 0 Å². The van der Waals surface area contributed by atoms with Crippen molar-refractivity contribution >= 4 is 5.97 Å². The molecule has 0 aliphatic carbocycles. The summed E-state index contributed by atoms with van der Waals surface area (Å²) < 4.78 is 4.70. The Morgan fingerprint density at radius 3 is 2.60 bits per heavy atom. The molecule has 3 nitrogen and oxygen atoms in total. The van der Waals surface area contributed by atoms with Crippen molar-refractivity contribution in [3.63, 3.8) is 0 Å². The first kappa shape index (κ1) is 9.43. The summed E-state index contributed by atoms with van der Waals surface area (Å²) in [5.74, 6) is -1.45. The standard InChI is InChI=1S/C7H14O3/c1-3-4-6(5-10-2)7(8)9/h6H,3-5H2,1-2H3,(H,8,9)/p-1. The summed E-state index contributed by atoms with van der Waals surface area (Å²) in [4.78, 5) is 10.3. The molecule has 0 bridgehead atoms. The van der Waals surface area contributed by atoms with E-state index in [1.54, 1.807) is 0 Å². The molecule has 0 fully saturated rings. The minimum atomic E-state index is -1.01. The highest BCUT2D eigenvalue weighted by atomic mass is 16.5. The van der Waals surface area contributed by atoms with Crippen molar-refractivity contribution < 1.29 is 14.6 Å². The van der Waals surface area contributed by atoms with E-state index >= 15 is 0 Å². The highest BCUT2D eigenvalue weighted by Crippen LogP contribution is 2.04. The van der Waals surface area contributed by atoms with Gasteiger partial charge in [-0.25, -0.2) is 0 Å². The predicted octanol–water partition coefficient (Wildman–Crippen LogP) is -0.201. The summed E-state index contributed by atoms with van der Waals surface area (Å²) in [5.41, 5.74) is 0. The second-order valence-electron chi connectivity index (χ2n) is 2.26. The second kappa shape index (κ2) is 5.23. The molecular weight excluding hydrogens is 132 g/mol. The third-order valence-corrected chi connectivity index (χ3v) is 1.34. The lowest BCUT2D eigenvalue weighted by molar-refractivity contribution is -0.312. The van der Waals surface area contributed by atoms with Gasteiger partial charge in [0, 0.05) is 19.0 Å². The van der Waals surface area contributed by atoms with Gasteiger partial charge in [0.15, 0.2) is 0 Å². The van der Waals surface area contributed by atoms with E-state index in [1.165, 1.54) is 7.11 Å². The fourth-order valence-corrected chi connectivity index (χ4v) is 0.819. The van der Waals surface area contributed by atoms with Crippen LogP contribution in [0.5, 0.6) is 0 Å². The molecule has 3 heteroatoms. The summed E-state index contributed by atoms with van der Waals surface area (Å²) in [6, 6.07) is 0. The molecule has 0 N–H and O–H groups in total. The lowest BCUT2D eigenvalue weighted by Crippen LogP contribution is -2.33. The number of hydrogen-bond donors (Lipinski definition) is 0. The molecule has 0 aromatic rings. The molecule has 0 radical (unpaired) electrons. The highest BCUT2D eigenvalue weighted by molar-refractivity contribution is 5.67. The summed E-state index contributed by atoms with van der Waals surface area (Å²) in [7, 11) is 1.49. The molecule has 0 aromatic carbocycles. The normalized spacial score (nSPS) is 13.0. The molecule has 0 saturated carbocycles. The molecule has 0 aliphatic heterocycles. The number of carbonyl (C=O) groups excluding carboxylic acids is 1. The Balaban J connectivity index is 3.61. The number of ether oxygens (including phenoxy) is 1. The van der Waals surface area contributed by atoms with Crippen molar-refractivity contribution in [2.24, 2.45) is 5.92 Å². The average molecular weight is 145 g/mol. The van der Waals surface area contributed by atoms with Gasteiger partial charge < -0.3 is 14.6 Å². The van der Waals surface area contributed by atoms with Gasteiger partial charge in [0.2, 0.25) is 0 Å². The van der Waals surface area contributed by atoms with Crippen LogP contribution in [-0.4, -0.2) is 19.7 Å². The molecule has 1 atom stereocenters. The molecular formula is C7H13O3-. The molecule has 0 saturated heterocycles. The summed E-state index contributed by atoms with van der Waals surface area (Å²) in [6.45, 7) is 2.20. The van der Waals surface area contributed by atoms with Crippen molar-refractivity contribution in [1.29, 1.82) is 0 Å². The fourth-order valence-electron chi connectivity index (χ4n) is 0.819. The Hall–Kier alpha value is -0.570. The number of carboxylic acids is 1. The maximum Gasteiger partial charge on any atom is 0.0542 e. The third kappa shape index (κ3) is 3.45. The molecule has 0 aliphatic rings. The number of aliphatic carboxylic acids is 1. The second-order valence-corrected chi connectivity index (χ2v) is 2.26. The molecule has 0 aromatic heterocycles. The molecule has 0 heterocycles. The van der Waals surface area contributed by atoms with Gasteiger partial charge in [-0.15, -0.1) is 0 Å². The van der Waals surface area contributed by atoms with E-state index in [0.29, 0.717) is 6.42 Å². The first-order chi connectivity index (χ1) is 4.72. The lowest BCUT2D eigenvalue weighted by atomic mass is 10.1. The average Bonchev–Trinajstić information content (AvgIpc) is 1.87. The summed E-state index contributed by atoms with van der Waals surface area (Å²) in [5, 5.41) is 10.3. The van der Waals surface area contributed by atoms with E-state index < -0.39 is 11.9 Å². The number of carbonyl (C=O) groups is 1. The Kier molecular flexibility index (Phi) is 4.94. The van der Waals surface area contributed by atoms with Crippen molar-refractivity contribution in [3.8, 4) is 0 Å². The zero-order chi connectivity index (χ0) is 7.98. The van der Waals surface area contributed by atoms with Crippen LogP contribution in [0.15, 0.2) is 0 Å². The van der Waals surface area contributed by atoms with Crippen LogP contribution in [0.2, 0.25) is 0 Å². The van der Waals surface area contributed by atoms with Gasteiger partial charge in [-0.05, 0) is 6.42 Å². The van der Waals surface area contributed by atoms with Crippen molar-refractivity contribution in [2.45, 2.75) is 19.8 Å². The summed E-state index contributed by atoms with van der Waals surface area (Å²) >= 11 is 0. The minimum absolute atomic E-state index is 0.260. The van der Waals surface area contributed by atoms with Gasteiger partial charge in [0.25, 0.3) is 0 Å². The van der Waals surface area contributed by atoms with E-state index in [0.717, 1.165) is 6.42 Å². The van der Waals surface area contributed by atoms with Crippen LogP contribution in [0.1, 0.15) is 19.8 Å². The van der Waals surface area contributed by atoms with E-state index in [4.69, 9.17) is 4.74 Å². The zero-order valence-corrected chi connectivity index (χ0v) is 6.42. The van der Waals surface area contributed by atoms with E-state index in [9.17, 15) is 9.90 Å². The molecule has 60 valence electrons.